The smallest absolute Gasteiger partial charge is 0.163 e. The van der Waals surface area contributed by atoms with E-state index in [4.69, 9.17) is 10.00 Å². The average molecular weight is 316 g/mol. The Bertz CT molecular complexity index is 674. The molecule has 2 aromatic carbocycles. The van der Waals surface area contributed by atoms with E-state index >= 15 is 0 Å². The molecule has 0 bridgehead atoms. The quantitative estimate of drug-likeness (QED) is 0.793. The van der Waals surface area contributed by atoms with Crippen LogP contribution in [0.4, 0.5) is 0 Å². The Morgan fingerprint density at radius 3 is 2.74 bits per heavy atom. The number of rotatable bonds is 3. The third-order valence-corrected chi connectivity index (χ3v) is 3.01. The number of nitriles is 1. The lowest BCUT2D eigenvalue weighted by Gasteiger charge is -2.10. The number of ketones is 1. The minimum Gasteiger partial charge on any atom is -0.457 e. The molecule has 0 spiro atoms. The molecule has 0 N–H and O–H groups in total. The molecule has 0 radical (unpaired) electrons. The summed E-state index contributed by atoms with van der Waals surface area (Å²) in [5.41, 5.74) is 1.02. The second-order valence-corrected chi connectivity index (χ2v) is 4.85. The first-order valence-electron chi connectivity index (χ1n) is 5.58. The van der Waals surface area contributed by atoms with E-state index in [0.717, 1.165) is 4.47 Å². The van der Waals surface area contributed by atoms with Gasteiger partial charge in [0.2, 0.25) is 0 Å². The van der Waals surface area contributed by atoms with Crippen molar-refractivity contribution in [3.8, 4) is 17.6 Å². The second kappa shape index (κ2) is 5.68. The summed E-state index contributed by atoms with van der Waals surface area (Å²) >= 11 is 3.34. The van der Waals surface area contributed by atoms with Crippen LogP contribution in [0.2, 0.25) is 0 Å². The molecule has 0 amide bonds. The normalized spacial score (nSPS) is 9.74. The van der Waals surface area contributed by atoms with Gasteiger partial charge in [-0.05, 0) is 43.3 Å². The van der Waals surface area contributed by atoms with Gasteiger partial charge in [-0.15, -0.1) is 0 Å². The van der Waals surface area contributed by atoms with Crippen LogP contribution in [0.5, 0.6) is 11.5 Å². The van der Waals surface area contributed by atoms with Gasteiger partial charge in [-0.3, -0.25) is 4.79 Å². The van der Waals surface area contributed by atoms with Gasteiger partial charge < -0.3 is 4.74 Å². The van der Waals surface area contributed by atoms with E-state index in [1.807, 2.05) is 6.07 Å². The van der Waals surface area contributed by atoms with E-state index in [9.17, 15) is 4.79 Å². The van der Waals surface area contributed by atoms with Crippen molar-refractivity contribution in [2.75, 3.05) is 0 Å². The fourth-order valence-electron chi connectivity index (χ4n) is 1.63. The maximum Gasteiger partial charge on any atom is 0.163 e. The molecule has 0 heterocycles. The van der Waals surface area contributed by atoms with Crippen molar-refractivity contribution in [3.63, 3.8) is 0 Å². The van der Waals surface area contributed by atoms with Crippen molar-refractivity contribution in [2.24, 2.45) is 0 Å². The predicted octanol–water partition coefficient (Wildman–Crippen LogP) is 4.32. The first-order chi connectivity index (χ1) is 9.10. The van der Waals surface area contributed by atoms with Crippen LogP contribution in [0.3, 0.4) is 0 Å². The minimum atomic E-state index is -0.0704. The number of carbonyl (C=O) groups is 1. The monoisotopic (exact) mass is 315 g/mol. The van der Waals surface area contributed by atoms with Gasteiger partial charge in [-0.1, -0.05) is 22.0 Å². The summed E-state index contributed by atoms with van der Waals surface area (Å²) in [5, 5.41) is 8.85. The highest BCUT2D eigenvalue weighted by Gasteiger charge is 2.10. The van der Waals surface area contributed by atoms with Crippen molar-refractivity contribution in [1.29, 1.82) is 5.26 Å². The standard InChI is InChI=1S/C15H10BrNO2/c1-10(18)14-6-5-12(16)8-15(14)19-13-4-2-3-11(7-13)9-17/h2-8H,1H3. The first kappa shape index (κ1) is 13.3. The van der Waals surface area contributed by atoms with Crippen LogP contribution >= 0.6 is 15.9 Å². The van der Waals surface area contributed by atoms with Crippen LogP contribution < -0.4 is 4.74 Å². The zero-order valence-electron chi connectivity index (χ0n) is 10.2. The Hall–Kier alpha value is -2.12. The van der Waals surface area contributed by atoms with Crippen LogP contribution in [0.1, 0.15) is 22.8 Å². The van der Waals surface area contributed by atoms with Crippen LogP contribution in [0, 0.1) is 11.3 Å². The highest BCUT2D eigenvalue weighted by Crippen LogP contribution is 2.29. The molecule has 0 saturated carbocycles. The Kier molecular flexibility index (Phi) is 3.98. The van der Waals surface area contributed by atoms with Crippen molar-refractivity contribution < 1.29 is 9.53 Å². The van der Waals surface area contributed by atoms with E-state index in [0.29, 0.717) is 22.6 Å². The second-order valence-electron chi connectivity index (χ2n) is 3.94. The molecular formula is C15H10BrNO2. The number of hydrogen-bond donors (Lipinski definition) is 0. The molecule has 0 atom stereocenters. The molecule has 0 unspecified atom stereocenters. The number of carbonyl (C=O) groups excluding carboxylic acids is 1. The molecule has 2 rings (SSSR count). The molecule has 0 saturated heterocycles. The maximum atomic E-state index is 11.5. The molecule has 19 heavy (non-hydrogen) atoms. The van der Waals surface area contributed by atoms with Gasteiger partial charge in [0.05, 0.1) is 17.2 Å². The van der Waals surface area contributed by atoms with Crippen molar-refractivity contribution in [3.05, 3.63) is 58.1 Å². The number of hydrogen-bond acceptors (Lipinski definition) is 3. The Morgan fingerprint density at radius 2 is 2.05 bits per heavy atom. The fourth-order valence-corrected chi connectivity index (χ4v) is 1.97. The summed E-state index contributed by atoms with van der Waals surface area (Å²) in [4.78, 5) is 11.5. The maximum absolute atomic E-state index is 11.5. The van der Waals surface area contributed by atoms with Crippen molar-refractivity contribution >= 4 is 21.7 Å². The minimum absolute atomic E-state index is 0.0704. The first-order valence-corrected chi connectivity index (χ1v) is 6.38. The molecule has 3 nitrogen and oxygen atoms in total. The largest absolute Gasteiger partial charge is 0.457 e. The van der Waals surface area contributed by atoms with E-state index in [1.54, 1.807) is 42.5 Å². The van der Waals surface area contributed by atoms with Gasteiger partial charge in [-0.2, -0.15) is 5.26 Å². The van der Waals surface area contributed by atoms with E-state index < -0.39 is 0 Å². The summed E-state index contributed by atoms with van der Waals surface area (Å²) in [6.07, 6.45) is 0. The van der Waals surface area contributed by atoms with Crippen LogP contribution in [0.25, 0.3) is 0 Å². The average Bonchev–Trinajstić information content (AvgIpc) is 2.38. The fraction of sp³-hybridized carbons (Fsp3) is 0.0667. The zero-order valence-corrected chi connectivity index (χ0v) is 11.8. The number of Topliss-reactive ketones (excluding diaryl/α,β-unsaturated/α-hetero) is 1. The van der Waals surface area contributed by atoms with E-state index in [2.05, 4.69) is 15.9 Å². The molecule has 0 aliphatic heterocycles. The molecule has 94 valence electrons. The number of halogens is 1. The number of benzene rings is 2. The third-order valence-electron chi connectivity index (χ3n) is 2.51. The molecular weight excluding hydrogens is 306 g/mol. The number of ether oxygens (including phenoxy) is 1. The summed E-state index contributed by atoms with van der Waals surface area (Å²) in [6.45, 7) is 1.49. The SMILES string of the molecule is CC(=O)c1ccc(Br)cc1Oc1cccc(C#N)c1. The highest BCUT2D eigenvalue weighted by molar-refractivity contribution is 9.10. The summed E-state index contributed by atoms with van der Waals surface area (Å²) in [7, 11) is 0. The van der Waals surface area contributed by atoms with E-state index in [-0.39, 0.29) is 5.78 Å². The molecule has 0 aliphatic rings. The van der Waals surface area contributed by atoms with Crippen molar-refractivity contribution in [2.45, 2.75) is 6.92 Å². The third kappa shape index (κ3) is 3.21. The highest BCUT2D eigenvalue weighted by atomic mass is 79.9. The van der Waals surface area contributed by atoms with Gasteiger partial charge in [0.15, 0.2) is 5.78 Å². The Balaban J connectivity index is 2.40. The van der Waals surface area contributed by atoms with Gasteiger partial charge >= 0.3 is 0 Å². The molecule has 0 aliphatic carbocycles. The molecule has 2 aromatic rings. The van der Waals surface area contributed by atoms with Gasteiger partial charge in [0.1, 0.15) is 11.5 Å². The predicted molar refractivity (Wildman–Crippen MR) is 75.4 cm³/mol. The van der Waals surface area contributed by atoms with Gasteiger partial charge in [0, 0.05) is 4.47 Å². The van der Waals surface area contributed by atoms with Crippen LogP contribution in [-0.4, -0.2) is 5.78 Å². The van der Waals surface area contributed by atoms with Crippen molar-refractivity contribution in [1.82, 2.24) is 0 Å². The Morgan fingerprint density at radius 1 is 1.26 bits per heavy atom. The van der Waals surface area contributed by atoms with Crippen LogP contribution in [-0.2, 0) is 0 Å². The topological polar surface area (TPSA) is 50.1 Å². The molecule has 0 aromatic heterocycles. The van der Waals surface area contributed by atoms with Crippen LogP contribution in [0.15, 0.2) is 46.9 Å². The van der Waals surface area contributed by atoms with E-state index in [1.165, 1.54) is 6.92 Å². The lowest BCUT2D eigenvalue weighted by Crippen LogP contribution is -1.97. The zero-order chi connectivity index (χ0) is 13.8. The lowest BCUT2D eigenvalue weighted by atomic mass is 10.1. The summed E-state index contributed by atoms with van der Waals surface area (Å²) in [6, 6.07) is 14.1. The summed E-state index contributed by atoms with van der Waals surface area (Å²) < 4.78 is 6.52. The number of nitrogens with zero attached hydrogens (tertiary/aromatic N) is 1. The lowest BCUT2D eigenvalue weighted by molar-refractivity contribution is 0.101. The molecule has 4 heteroatoms. The van der Waals surface area contributed by atoms with Gasteiger partial charge in [0.25, 0.3) is 0 Å². The Labute approximate surface area is 119 Å². The summed E-state index contributed by atoms with van der Waals surface area (Å²) in [5.74, 6) is 0.926. The molecule has 0 fully saturated rings. The van der Waals surface area contributed by atoms with Gasteiger partial charge in [-0.25, -0.2) is 0 Å².